The van der Waals surface area contributed by atoms with Crippen LogP contribution in [0.25, 0.3) is 6.08 Å². The second-order valence-electron chi connectivity index (χ2n) is 3.87. The molecule has 1 amide bonds. The predicted octanol–water partition coefficient (Wildman–Crippen LogP) is 3.76. The van der Waals surface area contributed by atoms with Gasteiger partial charge < -0.3 is 14.8 Å². The number of carbonyl (C=O) groups is 2. The standard InChI is InChI=1S/C13H10BrNO4S/c1-7-6-9(13(17)18)12(20-7)15-11(16)5-3-8-2-4-10(14)19-8/h2-6H,1H3,(H,15,16)(H,17,18). The van der Waals surface area contributed by atoms with Gasteiger partial charge in [0.2, 0.25) is 5.91 Å². The number of hydrogen-bond acceptors (Lipinski definition) is 4. The summed E-state index contributed by atoms with van der Waals surface area (Å²) in [5, 5.41) is 11.9. The largest absolute Gasteiger partial charge is 0.478 e. The quantitative estimate of drug-likeness (QED) is 0.818. The second-order valence-corrected chi connectivity index (χ2v) is 5.91. The summed E-state index contributed by atoms with van der Waals surface area (Å²) in [7, 11) is 0. The van der Waals surface area contributed by atoms with Crippen LogP contribution < -0.4 is 5.32 Å². The third-order valence-corrected chi connectivity index (χ3v) is 3.71. The zero-order valence-corrected chi connectivity index (χ0v) is 12.7. The Morgan fingerprint density at radius 2 is 2.20 bits per heavy atom. The van der Waals surface area contributed by atoms with Crippen LogP contribution in [-0.2, 0) is 4.79 Å². The molecule has 0 spiro atoms. The van der Waals surface area contributed by atoms with Crippen molar-refractivity contribution in [2.45, 2.75) is 6.92 Å². The lowest BCUT2D eigenvalue weighted by Crippen LogP contribution is -2.09. The van der Waals surface area contributed by atoms with Crippen molar-refractivity contribution in [3.05, 3.63) is 45.1 Å². The molecule has 0 unspecified atom stereocenters. The number of anilines is 1. The molecule has 0 aliphatic rings. The molecular weight excluding hydrogens is 346 g/mol. The Hall–Kier alpha value is -1.86. The highest BCUT2D eigenvalue weighted by molar-refractivity contribution is 9.10. The lowest BCUT2D eigenvalue weighted by Gasteiger charge is -1.99. The highest BCUT2D eigenvalue weighted by Crippen LogP contribution is 2.27. The first-order valence-electron chi connectivity index (χ1n) is 5.54. The molecule has 5 nitrogen and oxygen atoms in total. The molecule has 0 saturated heterocycles. The summed E-state index contributed by atoms with van der Waals surface area (Å²) in [5.74, 6) is -0.960. The highest BCUT2D eigenvalue weighted by Gasteiger charge is 2.14. The number of aromatic carboxylic acids is 1. The number of aryl methyl sites for hydroxylation is 1. The number of nitrogens with one attached hydrogen (secondary N) is 1. The van der Waals surface area contributed by atoms with E-state index in [9.17, 15) is 9.59 Å². The Labute approximate surface area is 127 Å². The van der Waals surface area contributed by atoms with Crippen LogP contribution in [0, 0.1) is 6.92 Å². The number of furan rings is 1. The molecule has 104 valence electrons. The number of carbonyl (C=O) groups excluding carboxylic acids is 1. The van der Waals surface area contributed by atoms with Crippen LogP contribution in [-0.4, -0.2) is 17.0 Å². The zero-order valence-electron chi connectivity index (χ0n) is 10.3. The molecule has 0 saturated carbocycles. The molecule has 0 aliphatic carbocycles. The molecule has 7 heteroatoms. The molecular formula is C13H10BrNO4S. The van der Waals surface area contributed by atoms with E-state index in [4.69, 9.17) is 9.52 Å². The van der Waals surface area contributed by atoms with E-state index in [1.54, 1.807) is 19.1 Å². The topological polar surface area (TPSA) is 79.5 Å². The van der Waals surface area contributed by atoms with E-state index in [1.165, 1.54) is 29.6 Å². The van der Waals surface area contributed by atoms with E-state index in [0.29, 0.717) is 15.4 Å². The summed E-state index contributed by atoms with van der Waals surface area (Å²) >= 11 is 4.38. The van der Waals surface area contributed by atoms with E-state index in [0.717, 1.165) is 4.88 Å². The van der Waals surface area contributed by atoms with Crippen molar-refractivity contribution < 1.29 is 19.1 Å². The molecule has 0 fully saturated rings. The normalized spacial score (nSPS) is 10.9. The Morgan fingerprint density at radius 3 is 2.80 bits per heavy atom. The van der Waals surface area contributed by atoms with Gasteiger partial charge in [-0.05, 0) is 47.1 Å². The van der Waals surface area contributed by atoms with E-state index < -0.39 is 11.9 Å². The maximum atomic E-state index is 11.7. The molecule has 2 aromatic heterocycles. The molecule has 2 heterocycles. The van der Waals surface area contributed by atoms with Gasteiger partial charge >= 0.3 is 5.97 Å². The van der Waals surface area contributed by atoms with Crippen LogP contribution >= 0.6 is 27.3 Å². The van der Waals surface area contributed by atoms with Crippen molar-refractivity contribution in [3.8, 4) is 0 Å². The molecule has 2 aromatic rings. The number of thiophene rings is 1. The van der Waals surface area contributed by atoms with Gasteiger partial charge in [-0.25, -0.2) is 4.79 Å². The summed E-state index contributed by atoms with van der Waals surface area (Å²) < 4.78 is 5.78. The molecule has 0 bridgehead atoms. The third kappa shape index (κ3) is 3.58. The molecule has 2 rings (SSSR count). The van der Waals surface area contributed by atoms with Gasteiger partial charge in [-0.15, -0.1) is 11.3 Å². The van der Waals surface area contributed by atoms with Crippen molar-refractivity contribution in [2.24, 2.45) is 0 Å². The fourth-order valence-electron chi connectivity index (χ4n) is 1.50. The minimum Gasteiger partial charge on any atom is -0.478 e. The van der Waals surface area contributed by atoms with Crippen molar-refractivity contribution >= 4 is 50.2 Å². The maximum absolute atomic E-state index is 11.7. The summed E-state index contributed by atoms with van der Waals surface area (Å²) in [6.45, 7) is 1.78. The highest BCUT2D eigenvalue weighted by atomic mass is 79.9. The summed E-state index contributed by atoms with van der Waals surface area (Å²) in [5.41, 5.74) is 0.0926. The van der Waals surface area contributed by atoms with E-state index in [-0.39, 0.29) is 5.56 Å². The smallest absolute Gasteiger partial charge is 0.338 e. The predicted molar refractivity (Wildman–Crippen MR) is 80.1 cm³/mol. The lowest BCUT2D eigenvalue weighted by molar-refractivity contribution is -0.111. The van der Waals surface area contributed by atoms with Crippen molar-refractivity contribution in [1.82, 2.24) is 0 Å². The first-order valence-corrected chi connectivity index (χ1v) is 7.15. The number of hydrogen-bond donors (Lipinski definition) is 2. The monoisotopic (exact) mass is 355 g/mol. The SMILES string of the molecule is Cc1cc(C(=O)O)c(NC(=O)C=Cc2ccc(Br)o2)s1. The Morgan fingerprint density at radius 1 is 1.45 bits per heavy atom. The molecule has 0 radical (unpaired) electrons. The van der Waals surface area contributed by atoms with Gasteiger partial charge in [0.25, 0.3) is 0 Å². The first kappa shape index (κ1) is 14.5. The van der Waals surface area contributed by atoms with Crippen molar-refractivity contribution in [1.29, 1.82) is 0 Å². The average Bonchev–Trinajstić information content (AvgIpc) is 2.93. The number of rotatable bonds is 4. The Kier molecular flexibility index (Phi) is 4.41. The zero-order chi connectivity index (χ0) is 14.7. The Bertz CT molecular complexity index is 686. The van der Waals surface area contributed by atoms with Crippen LogP contribution in [0.15, 0.2) is 33.4 Å². The fraction of sp³-hybridized carbons (Fsp3) is 0.0769. The van der Waals surface area contributed by atoms with Crippen LogP contribution in [0.1, 0.15) is 21.0 Å². The van der Waals surface area contributed by atoms with Gasteiger partial charge in [0.05, 0.1) is 5.56 Å². The third-order valence-electron chi connectivity index (χ3n) is 2.32. The summed E-state index contributed by atoms with van der Waals surface area (Å²) in [6.07, 6.45) is 2.78. The van der Waals surface area contributed by atoms with Crippen LogP contribution in [0.5, 0.6) is 0 Å². The number of amides is 1. The van der Waals surface area contributed by atoms with E-state index in [1.807, 2.05) is 0 Å². The Balaban J connectivity index is 2.08. The molecule has 0 aromatic carbocycles. The molecule has 20 heavy (non-hydrogen) atoms. The van der Waals surface area contributed by atoms with Gasteiger partial charge in [0, 0.05) is 11.0 Å². The minimum atomic E-state index is -1.07. The van der Waals surface area contributed by atoms with Gasteiger partial charge in [0.15, 0.2) is 4.67 Å². The molecule has 0 aliphatic heterocycles. The number of halogens is 1. The van der Waals surface area contributed by atoms with Gasteiger partial charge in [-0.2, -0.15) is 0 Å². The first-order chi connectivity index (χ1) is 9.45. The van der Waals surface area contributed by atoms with Crippen LogP contribution in [0.2, 0.25) is 0 Å². The van der Waals surface area contributed by atoms with Crippen molar-refractivity contribution in [2.75, 3.05) is 5.32 Å². The minimum absolute atomic E-state index is 0.0926. The van der Waals surface area contributed by atoms with E-state index in [2.05, 4.69) is 21.2 Å². The molecule has 0 atom stereocenters. The molecule has 2 N–H and O–H groups in total. The average molecular weight is 356 g/mol. The van der Waals surface area contributed by atoms with Crippen LogP contribution in [0.4, 0.5) is 5.00 Å². The van der Waals surface area contributed by atoms with Gasteiger partial charge in [-0.1, -0.05) is 0 Å². The van der Waals surface area contributed by atoms with Gasteiger partial charge in [-0.3, -0.25) is 4.79 Å². The van der Waals surface area contributed by atoms with Crippen LogP contribution in [0.3, 0.4) is 0 Å². The van der Waals surface area contributed by atoms with E-state index >= 15 is 0 Å². The summed E-state index contributed by atoms with van der Waals surface area (Å²) in [6, 6.07) is 4.94. The summed E-state index contributed by atoms with van der Waals surface area (Å²) in [4.78, 5) is 23.6. The second kappa shape index (κ2) is 6.06. The maximum Gasteiger partial charge on any atom is 0.338 e. The van der Waals surface area contributed by atoms with Gasteiger partial charge in [0.1, 0.15) is 10.8 Å². The number of carboxylic acid groups (broad SMARTS) is 1. The van der Waals surface area contributed by atoms with Crippen molar-refractivity contribution in [3.63, 3.8) is 0 Å². The number of carboxylic acids is 1. The lowest BCUT2D eigenvalue weighted by atomic mass is 10.3. The fourth-order valence-corrected chi connectivity index (χ4v) is 2.72.